The molecule has 11 heteroatoms. The lowest BCUT2D eigenvalue weighted by Gasteiger charge is -2.12. The van der Waals surface area contributed by atoms with Crippen LogP contribution < -0.4 is 20.7 Å². The average molecular weight is 698 g/mol. The fraction of sp³-hybridized carbons (Fsp3) is 0.263. The highest BCUT2D eigenvalue weighted by molar-refractivity contribution is 8.00. The van der Waals surface area contributed by atoms with Gasteiger partial charge in [-0.2, -0.15) is 0 Å². The molecule has 49 heavy (non-hydrogen) atoms. The summed E-state index contributed by atoms with van der Waals surface area (Å²) in [6, 6.07) is 22.9. The molecule has 1 aromatic heterocycles. The lowest BCUT2D eigenvalue weighted by atomic mass is 9.96. The molecule has 0 saturated carbocycles. The first-order chi connectivity index (χ1) is 23.8. The van der Waals surface area contributed by atoms with Crippen LogP contribution in [-0.2, 0) is 27.2 Å². The van der Waals surface area contributed by atoms with E-state index < -0.39 is 17.8 Å². The van der Waals surface area contributed by atoms with E-state index in [9.17, 15) is 19.2 Å². The van der Waals surface area contributed by atoms with Gasteiger partial charge in [-0.1, -0.05) is 49.2 Å². The van der Waals surface area contributed by atoms with Gasteiger partial charge in [0, 0.05) is 21.0 Å². The number of benzene rings is 3. The third kappa shape index (κ3) is 9.84. The minimum absolute atomic E-state index is 0.0545. The monoisotopic (exact) mass is 697 g/mol. The van der Waals surface area contributed by atoms with Crippen molar-refractivity contribution in [3.8, 4) is 5.75 Å². The number of anilines is 2. The highest BCUT2D eigenvalue weighted by Crippen LogP contribution is 2.38. The first-order valence-corrected chi connectivity index (χ1v) is 18.0. The van der Waals surface area contributed by atoms with E-state index in [0.717, 1.165) is 53.9 Å². The van der Waals surface area contributed by atoms with Crippen molar-refractivity contribution in [2.75, 3.05) is 30.1 Å². The van der Waals surface area contributed by atoms with Gasteiger partial charge < -0.3 is 25.4 Å². The molecule has 0 radical (unpaired) electrons. The topological polar surface area (TPSA) is 123 Å². The highest BCUT2D eigenvalue weighted by atomic mass is 32.2. The maximum Gasteiger partial charge on any atom is 0.341 e. The van der Waals surface area contributed by atoms with E-state index in [1.807, 2.05) is 12.1 Å². The van der Waals surface area contributed by atoms with E-state index in [2.05, 4.69) is 16.0 Å². The third-order valence-corrected chi connectivity index (χ3v) is 10.0. The quantitative estimate of drug-likeness (QED) is 0.0787. The van der Waals surface area contributed by atoms with Crippen LogP contribution in [-0.4, -0.2) is 43.2 Å². The summed E-state index contributed by atoms with van der Waals surface area (Å²) in [6.45, 7) is 2.04. The summed E-state index contributed by atoms with van der Waals surface area (Å²) in [7, 11) is 1.57. The fourth-order valence-corrected chi connectivity index (χ4v) is 7.46. The van der Waals surface area contributed by atoms with Gasteiger partial charge in [-0.25, -0.2) is 4.79 Å². The molecule has 1 aliphatic rings. The fourth-order valence-electron chi connectivity index (χ4n) is 5.41. The number of fused-ring (bicyclic) bond motifs is 1. The maximum atomic E-state index is 13.5. The lowest BCUT2D eigenvalue weighted by Crippen LogP contribution is -2.30. The van der Waals surface area contributed by atoms with Crippen LogP contribution in [0.25, 0.3) is 6.08 Å². The molecule has 0 fully saturated rings. The van der Waals surface area contributed by atoms with Gasteiger partial charge >= 0.3 is 5.97 Å². The van der Waals surface area contributed by atoms with Gasteiger partial charge in [0.15, 0.2) is 0 Å². The van der Waals surface area contributed by atoms with Gasteiger partial charge in [-0.3, -0.25) is 14.4 Å². The van der Waals surface area contributed by atoms with E-state index in [0.29, 0.717) is 33.1 Å². The second-order valence-corrected chi connectivity index (χ2v) is 13.5. The Morgan fingerprint density at radius 2 is 1.63 bits per heavy atom. The smallest absolute Gasteiger partial charge is 0.341 e. The number of thiophene rings is 1. The predicted molar refractivity (Wildman–Crippen MR) is 195 cm³/mol. The molecule has 0 aliphatic heterocycles. The van der Waals surface area contributed by atoms with Gasteiger partial charge in [0.2, 0.25) is 5.91 Å². The molecule has 1 heterocycles. The Hall–Kier alpha value is -4.87. The van der Waals surface area contributed by atoms with Crippen molar-refractivity contribution in [3.63, 3.8) is 0 Å². The number of carbonyl (C=O) groups excluding carboxylic acids is 4. The number of hydrogen-bond acceptors (Lipinski definition) is 8. The SMILES string of the molecule is CCOC(=O)c1c(NC(=O)CSc2cccc(NC(=O)/C(=C\c3ccc(OC)cc3)NC(=O)c3ccccc3)c2)sc2c1CCCCCC2. The zero-order valence-corrected chi connectivity index (χ0v) is 29.1. The zero-order valence-electron chi connectivity index (χ0n) is 27.5. The molecule has 9 nitrogen and oxygen atoms in total. The zero-order chi connectivity index (χ0) is 34.6. The van der Waals surface area contributed by atoms with Crippen LogP contribution in [0.4, 0.5) is 10.7 Å². The molecule has 0 unspecified atom stereocenters. The summed E-state index contributed by atoms with van der Waals surface area (Å²) in [4.78, 5) is 54.5. The van der Waals surface area contributed by atoms with Gasteiger partial charge in [0.1, 0.15) is 16.4 Å². The Labute approximate surface area is 294 Å². The number of rotatable bonds is 12. The van der Waals surface area contributed by atoms with Crippen LogP contribution in [0.2, 0.25) is 0 Å². The van der Waals surface area contributed by atoms with Crippen molar-refractivity contribution in [1.82, 2.24) is 5.32 Å². The molecule has 254 valence electrons. The Balaban J connectivity index is 1.27. The van der Waals surface area contributed by atoms with Crippen LogP contribution in [0.1, 0.15) is 69.3 Å². The second kappa shape index (κ2) is 17.5. The number of aryl methyl sites for hydroxylation is 1. The normalized spacial score (nSPS) is 12.9. The summed E-state index contributed by atoms with van der Waals surface area (Å²) in [5.74, 6) is -0.814. The molecular formula is C38H39N3O6S2. The summed E-state index contributed by atoms with van der Waals surface area (Å²) >= 11 is 2.78. The molecule has 3 amide bonds. The summed E-state index contributed by atoms with van der Waals surface area (Å²) in [5.41, 5.74) is 3.15. The van der Waals surface area contributed by atoms with E-state index in [1.54, 1.807) is 86.8 Å². The molecule has 0 bridgehead atoms. The minimum atomic E-state index is -0.514. The number of hydrogen-bond donors (Lipinski definition) is 3. The lowest BCUT2D eigenvalue weighted by molar-refractivity contribution is -0.114. The number of esters is 1. The average Bonchev–Trinajstić information content (AvgIpc) is 3.43. The van der Waals surface area contributed by atoms with Crippen molar-refractivity contribution in [1.29, 1.82) is 0 Å². The van der Waals surface area contributed by atoms with E-state index in [4.69, 9.17) is 9.47 Å². The van der Waals surface area contributed by atoms with Gasteiger partial charge in [-0.05, 0) is 92.3 Å². The number of ether oxygens (including phenoxy) is 2. The Morgan fingerprint density at radius 3 is 2.37 bits per heavy atom. The number of nitrogens with one attached hydrogen (secondary N) is 3. The van der Waals surface area contributed by atoms with Gasteiger partial charge in [0.25, 0.3) is 11.8 Å². The molecule has 1 aliphatic carbocycles. The van der Waals surface area contributed by atoms with E-state index in [-0.39, 0.29) is 24.0 Å². The molecule has 0 saturated heterocycles. The largest absolute Gasteiger partial charge is 0.497 e. The summed E-state index contributed by atoms with van der Waals surface area (Å²) in [6.07, 6.45) is 7.63. The van der Waals surface area contributed by atoms with E-state index in [1.165, 1.54) is 23.1 Å². The van der Waals surface area contributed by atoms with E-state index >= 15 is 0 Å². The third-order valence-electron chi connectivity index (χ3n) is 7.82. The summed E-state index contributed by atoms with van der Waals surface area (Å²) in [5, 5.41) is 9.13. The van der Waals surface area contributed by atoms with Gasteiger partial charge in [-0.15, -0.1) is 23.1 Å². The first-order valence-electron chi connectivity index (χ1n) is 16.2. The number of amides is 3. The molecule has 0 spiro atoms. The predicted octanol–water partition coefficient (Wildman–Crippen LogP) is 7.73. The molecular weight excluding hydrogens is 659 g/mol. The second-order valence-electron chi connectivity index (χ2n) is 11.3. The van der Waals surface area contributed by atoms with Crippen molar-refractivity contribution in [3.05, 3.63) is 112 Å². The summed E-state index contributed by atoms with van der Waals surface area (Å²) < 4.78 is 10.6. The van der Waals surface area contributed by atoms with Crippen LogP contribution >= 0.6 is 23.1 Å². The number of carbonyl (C=O) groups is 4. The van der Waals surface area contributed by atoms with Crippen LogP contribution in [0.3, 0.4) is 0 Å². The molecule has 0 atom stereocenters. The molecule has 5 rings (SSSR count). The Morgan fingerprint density at radius 1 is 0.878 bits per heavy atom. The highest BCUT2D eigenvalue weighted by Gasteiger charge is 2.26. The van der Waals surface area contributed by atoms with Crippen LogP contribution in [0, 0.1) is 0 Å². The van der Waals surface area contributed by atoms with Crippen molar-refractivity contribution in [2.24, 2.45) is 0 Å². The Kier molecular flexibility index (Phi) is 12.7. The minimum Gasteiger partial charge on any atom is -0.497 e. The molecule has 3 aromatic carbocycles. The van der Waals surface area contributed by atoms with Crippen LogP contribution in [0.15, 0.2) is 89.5 Å². The number of thioether (sulfide) groups is 1. The van der Waals surface area contributed by atoms with Crippen molar-refractivity contribution >= 4 is 63.6 Å². The van der Waals surface area contributed by atoms with Crippen LogP contribution in [0.5, 0.6) is 5.75 Å². The molecule has 4 aromatic rings. The number of methoxy groups -OCH3 is 1. The standard InChI is InChI=1S/C38H39N3O6S2/c1-3-47-38(45)34-30-16-9-4-5-10-17-32(30)49-37(34)41-33(42)24-48-29-15-11-14-27(23-29)39-36(44)31(22-25-18-20-28(46-2)21-19-25)40-35(43)26-12-7-6-8-13-26/h6-8,11-15,18-23H,3-5,9-10,16-17,24H2,1-2H3,(H,39,44)(H,40,43)(H,41,42)/b31-22+. The maximum absolute atomic E-state index is 13.5. The first kappa shape index (κ1) is 35.4. The van der Waals surface area contributed by atoms with Crippen molar-refractivity contribution < 1.29 is 28.7 Å². The van der Waals surface area contributed by atoms with Gasteiger partial charge in [0.05, 0.1) is 25.0 Å². The molecule has 3 N–H and O–H groups in total. The van der Waals surface area contributed by atoms with Crippen molar-refractivity contribution in [2.45, 2.75) is 50.3 Å². The Bertz CT molecular complexity index is 1820.